The van der Waals surface area contributed by atoms with E-state index in [1.54, 1.807) is 0 Å². The summed E-state index contributed by atoms with van der Waals surface area (Å²) in [5.41, 5.74) is 6.83. The van der Waals surface area contributed by atoms with Gasteiger partial charge in [-0.1, -0.05) is 18.2 Å². The molecule has 0 spiro atoms. The van der Waals surface area contributed by atoms with Gasteiger partial charge < -0.3 is 5.73 Å². The molecule has 21 heavy (non-hydrogen) atoms. The van der Waals surface area contributed by atoms with E-state index in [9.17, 15) is 0 Å². The van der Waals surface area contributed by atoms with Crippen molar-refractivity contribution in [2.75, 3.05) is 13.1 Å². The molecule has 2 aromatic rings. The summed E-state index contributed by atoms with van der Waals surface area (Å²) < 4.78 is 1.82. The summed E-state index contributed by atoms with van der Waals surface area (Å²) in [5.74, 6) is 1.47. The second kappa shape index (κ2) is 6.32. The van der Waals surface area contributed by atoms with Crippen molar-refractivity contribution in [1.82, 2.24) is 25.1 Å². The van der Waals surface area contributed by atoms with E-state index in [0.717, 1.165) is 31.1 Å². The van der Waals surface area contributed by atoms with Crippen LogP contribution < -0.4 is 5.73 Å². The molecule has 3 rings (SSSR count). The Bertz CT molecular complexity index is 567. The number of likely N-dealkylation sites (tertiary alicyclic amines) is 1. The maximum atomic E-state index is 5.83. The van der Waals surface area contributed by atoms with Crippen LogP contribution in [0.3, 0.4) is 0 Å². The third kappa shape index (κ3) is 3.11. The van der Waals surface area contributed by atoms with Crippen molar-refractivity contribution < 1.29 is 0 Å². The lowest BCUT2D eigenvalue weighted by Crippen LogP contribution is -2.43. The van der Waals surface area contributed by atoms with Crippen molar-refractivity contribution >= 4 is 0 Å². The van der Waals surface area contributed by atoms with Crippen LogP contribution in [-0.2, 0) is 6.54 Å². The Labute approximate surface area is 124 Å². The van der Waals surface area contributed by atoms with Gasteiger partial charge >= 0.3 is 0 Å². The summed E-state index contributed by atoms with van der Waals surface area (Å²) in [6.45, 7) is 4.81. The first-order valence-corrected chi connectivity index (χ1v) is 7.54. The zero-order chi connectivity index (χ0) is 14.7. The van der Waals surface area contributed by atoms with Gasteiger partial charge in [-0.05, 0) is 54.8 Å². The Morgan fingerprint density at radius 1 is 1.24 bits per heavy atom. The van der Waals surface area contributed by atoms with Crippen LogP contribution >= 0.6 is 0 Å². The van der Waals surface area contributed by atoms with E-state index in [4.69, 9.17) is 5.73 Å². The van der Waals surface area contributed by atoms with Crippen molar-refractivity contribution in [3.8, 4) is 5.69 Å². The lowest BCUT2D eigenvalue weighted by atomic mass is 9.93. The fraction of sp³-hybridized carbons (Fsp3) is 0.533. The first kappa shape index (κ1) is 14.2. The molecule has 1 aromatic carbocycles. The number of nitrogens with two attached hydrogens (primary N) is 1. The number of hydrogen-bond acceptors (Lipinski definition) is 5. The number of piperidine rings is 1. The molecule has 0 radical (unpaired) electrons. The number of rotatable bonds is 4. The Morgan fingerprint density at radius 2 is 2.05 bits per heavy atom. The number of para-hydroxylation sites is 1. The highest BCUT2D eigenvalue weighted by atomic mass is 15.5. The molecular formula is C15H22N6. The smallest absolute Gasteiger partial charge is 0.170 e. The maximum absolute atomic E-state index is 5.83. The molecule has 0 amide bonds. The zero-order valence-corrected chi connectivity index (χ0v) is 12.4. The monoisotopic (exact) mass is 286 g/mol. The molecule has 1 saturated heterocycles. The average Bonchev–Trinajstić information content (AvgIpc) is 2.98. The molecule has 2 N–H and O–H groups in total. The highest BCUT2D eigenvalue weighted by molar-refractivity contribution is 5.30. The standard InChI is InChI=1S/C15H22N6/c1-12-7-8-13(9-16)10-20(12)11-15-17-18-19-21(15)14-5-3-2-4-6-14/h2-6,12-13H,7-11,16H2,1H3. The second-order valence-electron chi connectivity index (χ2n) is 5.80. The Morgan fingerprint density at radius 3 is 2.81 bits per heavy atom. The molecule has 2 unspecified atom stereocenters. The Balaban J connectivity index is 1.78. The molecule has 1 aromatic heterocycles. The van der Waals surface area contributed by atoms with Gasteiger partial charge in [-0.3, -0.25) is 4.90 Å². The predicted octanol–water partition coefficient (Wildman–Crippen LogP) is 1.22. The SMILES string of the molecule is CC1CCC(CN)CN1Cc1nnnn1-c1ccccc1. The lowest BCUT2D eigenvalue weighted by molar-refractivity contribution is 0.109. The molecule has 0 saturated carbocycles. The fourth-order valence-corrected chi connectivity index (χ4v) is 2.93. The van der Waals surface area contributed by atoms with Gasteiger partial charge in [0, 0.05) is 12.6 Å². The van der Waals surface area contributed by atoms with Crippen molar-refractivity contribution in [2.45, 2.75) is 32.4 Å². The van der Waals surface area contributed by atoms with Crippen LogP contribution in [0.2, 0.25) is 0 Å². The molecule has 2 atom stereocenters. The predicted molar refractivity (Wildman–Crippen MR) is 80.8 cm³/mol. The first-order valence-electron chi connectivity index (χ1n) is 7.54. The number of aromatic nitrogens is 4. The number of hydrogen-bond donors (Lipinski definition) is 1. The van der Waals surface area contributed by atoms with E-state index in [-0.39, 0.29) is 0 Å². The van der Waals surface area contributed by atoms with Crippen LogP contribution in [0.15, 0.2) is 30.3 Å². The largest absolute Gasteiger partial charge is 0.330 e. The molecule has 0 aliphatic carbocycles. The third-order valence-electron chi connectivity index (χ3n) is 4.32. The summed E-state index contributed by atoms with van der Waals surface area (Å²) >= 11 is 0. The average molecular weight is 286 g/mol. The van der Waals surface area contributed by atoms with Crippen molar-refractivity contribution in [2.24, 2.45) is 11.7 Å². The van der Waals surface area contributed by atoms with Crippen molar-refractivity contribution in [3.05, 3.63) is 36.2 Å². The quantitative estimate of drug-likeness (QED) is 0.915. The molecule has 2 heterocycles. The molecule has 6 nitrogen and oxygen atoms in total. The molecular weight excluding hydrogens is 264 g/mol. The van der Waals surface area contributed by atoms with E-state index in [1.165, 1.54) is 12.8 Å². The normalized spacial score (nSPS) is 23.3. The van der Waals surface area contributed by atoms with E-state index in [2.05, 4.69) is 27.3 Å². The van der Waals surface area contributed by atoms with Crippen LogP contribution in [0.1, 0.15) is 25.6 Å². The van der Waals surface area contributed by atoms with Gasteiger partial charge in [-0.25, -0.2) is 0 Å². The van der Waals surface area contributed by atoms with Crippen LogP contribution in [0.25, 0.3) is 5.69 Å². The second-order valence-corrected chi connectivity index (χ2v) is 5.80. The molecule has 6 heteroatoms. The van der Waals surface area contributed by atoms with Gasteiger partial charge in [-0.2, -0.15) is 4.68 Å². The minimum absolute atomic E-state index is 0.550. The Hall–Kier alpha value is -1.79. The van der Waals surface area contributed by atoms with E-state index in [0.29, 0.717) is 12.0 Å². The van der Waals surface area contributed by atoms with Crippen LogP contribution in [0, 0.1) is 5.92 Å². The summed E-state index contributed by atoms with van der Waals surface area (Å²) in [6, 6.07) is 10.6. The summed E-state index contributed by atoms with van der Waals surface area (Å²) in [4.78, 5) is 2.44. The first-order chi connectivity index (χ1) is 10.3. The number of tetrazole rings is 1. The van der Waals surface area contributed by atoms with E-state index in [1.807, 2.05) is 35.0 Å². The Kier molecular flexibility index (Phi) is 4.26. The molecule has 112 valence electrons. The highest BCUT2D eigenvalue weighted by Gasteiger charge is 2.26. The molecule has 0 bridgehead atoms. The minimum Gasteiger partial charge on any atom is -0.330 e. The van der Waals surface area contributed by atoms with E-state index >= 15 is 0 Å². The van der Waals surface area contributed by atoms with Gasteiger partial charge in [0.05, 0.1) is 12.2 Å². The highest BCUT2D eigenvalue weighted by Crippen LogP contribution is 2.22. The summed E-state index contributed by atoms with van der Waals surface area (Å²) in [7, 11) is 0. The molecule has 1 aliphatic heterocycles. The van der Waals surface area contributed by atoms with Crippen molar-refractivity contribution in [1.29, 1.82) is 0 Å². The number of benzene rings is 1. The van der Waals surface area contributed by atoms with Gasteiger partial charge in [0.15, 0.2) is 5.82 Å². The third-order valence-corrected chi connectivity index (χ3v) is 4.32. The minimum atomic E-state index is 0.550. The van der Waals surface area contributed by atoms with Crippen LogP contribution in [0.4, 0.5) is 0 Å². The maximum Gasteiger partial charge on any atom is 0.170 e. The summed E-state index contributed by atoms with van der Waals surface area (Å²) in [6.07, 6.45) is 2.41. The summed E-state index contributed by atoms with van der Waals surface area (Å²) in [5, 5.41) is 12.2. The van der Waals surface area contributed by atoms with Crippen LogP contribution in [0.5, 0.6) is 0 Å². The molecule has 1 fully saturated rings. The van der Waals surface area contributed by atoms with Crippen molar-refractivity contribution in [3.63, 3.8) is 0 Å². The van der Waals surface area contributed by atoms with E-state index < -0.39 is 0 Å². The topological polar surface area (TPSA) is 72.9 Å². The molecule has 1 aliphatic rings. The zero-order valence-electron chi connectivity index (χ0n) is 12.4. The number of nitrogens with zero attached hydrogens (tertiary/aromatic N) is 5. The van der Waals surface area contributed by atoms with Gasteiger partial charge in [0.25, 0.3) is 0 Å². The van der Waals surface area contributed by atoms with Gasteiger partial charge in [0.2, 0.25) is 0 Å². The lowest BCUT2D eigenvalue weighted by Gasteiger charge is -2.37. The van der Waals surface area contributed by atoms with Gasteiger partial charge in [-0.15, -0.1) is 5.10 Å². The van der Waals surface area contributed by atoms with Crippen LogP contribution in [-0.4, -0.2) is 44.2 Å². The van der Waals surface area contributed by atoms with Gasteiger partial charge in [0.1, 0.15) is 0 Å². The fourth-order valence-electron chi connectivity index (χ4n) is 2.93.